The van der Waals surface area contributed by atoms with E-state index >= 15 is 0 Å². The van der Waals surface area contributed by atoms with Gasteiger partial charge in [0.15, 0.2) is 6.10 Å². The molecule has 0 N–H and O–H groups in total. The second kappa shape index (κ2) is 54.4. The van der Waals surface area contributed by atoms with E-state index in [9.17, 15) is 14.4 Å². The van der Waals surface area contributed by atoms with Gasteiger partial charge in [-0.1, -0.05) is 200 Å². The van der Waals surface area contributed by atoms with Crippen LogP contribution in [0.5, 0.6) is 0 Å². The minimum atomic E-state index is -0.816. The van der Waals surface area contributed by atoms with Gasteiger partial charge in [-0.25, -0.2) is 0 Å². The van der Waals surface area contributed by atoms with Crippen molar-refractivity contribution in [2.24, 2.45) is 0 Å². The molecule has 0 aromatic carbocycles. The molecule has 0 heterocycles. The van der Waals surface area contributed by atoms with Gasteiger partial charge in [-0.2, -0.15) is 0 Å². The Morgan fingerprint density at radius 1 is 0.313 bits per heavy atom. The maximum Gasteiger partial charge on any atom is 0.306 e. The number of esters is 3. The molecule has 1 atom stereocenters. The van der Waals surface area contributed by atoms with E-state index < -0.39 is 6.10 Å². The van der Waals surface area contributed by atoms with Crippen LogP contribution in [0.15, 0.2) is 122 Å². The van der Waals surface area contributed by atoms with Crippen molar-refractivity contribution in [3.63, 3.8) is 0 Å². The van der Waals surface area contributed by atoms with Crippen LogP contribution in [-0.2, 0) is 28.6 Å². The van der Waals surface area contributed by atoms with Crippen LogP contribution >= 0.6 is 0 Å². The van der Waals surface area contributed by atoms with Crippen LogP contribution in [0.2, 0.25) is 0 Å². The second-order valence-electron chi connectivity index (χ2n) is 17.4. The van der Waals surface area contributed by atoms with Crippen molar-refractivity contribution in [3.8, 4) is 0 Å². The van der Waals surface area contributed by atoms with Gasteiger partial charge in [0.1, 0.15) is 13.2 Å². The van der Waals surface area contributed by atoms with Crippen molar-refractivity contribution in [2.45, 2.75) is 232 Å². The molecule has 0 spiro atoms. The molecule has 0 saturated heterocycles. The van der Waals surface area contributed by atoms with E-state index in [1.807, 2.05) is 0 Å². The lowest BCUT2D eigenvalue weighted by atomic mass is 10.1. The first-order valence-corrected chi connectivity index (χ1v) is 27.0. The minimum Gasteiger partial charge on any atom is -0.462 e. The van der Waals surface area contributed by atoms with E-state index in [4.69, 9.17) is 14.2 Å². The number of allylic oxidation sites excluding steroid dienone is 20. The van der Waals surface area contributed by atoms with Crippen LogP contribution in [0.25, 0.3) is 0 Å². The van der Waals surface area contributed by atoms with Gasteiger partial charge in [-0.05, 0) is 128 Å². The van der Waals surface area contributed by atoms with Crippen molar-refractivity contribution in [2.75, 3.05) is 13.2 Å². The molecule has 0 aliphatic rings. The summed E-state index contributed by atoms with van der Waals surface area (Å²) in [7, 11) is 0. The summed E-state index contributed by atoms with van der Waals surface area (Å²) in [4.78, 5) is 38.1. The Balaban J connectivity index is 4.51. The average molecular weight is 927 g/mol. The first-order chi connectivity index (χ1) is 33.0. The molecule has 0 amide bonds. The summed E-state index contributed by atoms with van der Waals surface area (Å²) in [5.74, 6) is -0.987. The molecule has 6 nitrogen and oxygen atoms in total. The lowest BCUT2D eigenvalue weighted by molar-refractivity contribution is -0.167. The van der Waals surface area contributed by atoms with Gasteiger partial charge in [-0.15, -0.1) is 0 Å². The molecule has 0 aromatic heterocycles. The Bertz CT molecular complexity index is 1440. The SMILES string of the molecule is CC/C=C\C/C=C\C/C=C\C/C=C\CCCCC(=O)O[C@H](COC(=O)CCCCCCC/C=C\C/C=C\C/C=C\CC)COC(=O)CCCCCCCC/C=C\C/C=C\C/C=C\CCCCC. The summed E-state index contributed by atoms with van der Waals surface area (Å²) in [5.41, 5.74) is 0. The Hall–Kier alpha value is -4.19. The van der Waals surface area contributed by atoms with Crippen LogP contribution in [-0.4, -0.2) is 37.2 Å². The fraction of sp³-hybridized carbons (Fsp3) is 0.623. The standard InChI is InChI=1S/C61H98O6/c1-4-7-10-13-16-19-22-25-28-29-30-31-34-36-39-42-45-48-51-54-60(63)66-57-58(67-61(64)55-52-49-46-43-40-37-33-27-24-21-18-15-12-9-6-3)56-65-59(62)53-50-47-44-41-38-35-32-26-23-20-17-14-11-8-5-2/h8-9,11-12,16-21,25-28,30-33,40,43,58H,4-7,10,13-15,22-24,29,34-39,41-42,44-57H2,1-3H3/b11-8-,12-9-,19-16-,20-17-,21-18-,28-25-,31-30-,32-26-,33-27-,43-40-/t58-/m1/s1. The molecule has 378 valence electrons. The average Bonchev–Trinajstić information content (AvgIpc) is 3.33. The molecule has 67 heavy (non-hydrogen) atoms. The highest BCUT2D eigenvalue weighted by Crippen LogP contribution is 2.13. The molecular weight excluding hydrogens is 829 g/mol. The predicted octanol–water partition coefficient (Wildman–Crippen LogP) is 18.1. The quantitative estimate of drug-likeness (QED) is 0.0262. The zero-order valence-corrected chi connectivity index (χ0v) is 43.1. The first kappa shape index (κ1) is 62.8. The van der Waals surface area contributed by atoms with Gasteiger partial charge in [0.25, 0.3) is 0 Å². The molecule has 0 unspecified atom stereocenters. The largest absolute Gasteiger partial charge is 0.462 e. The lowest BCUT2D eigenvalue weighted by Gasteiger charge is -2.18. The highest BCUT2D eigenvalue weighted by molar-refractivity contribution is 5.71. The molecule has 0 bridgehead atoms. The molecule has 0 aromatic rings. The van der Waals surface area contributed by atoms with Crippen LogP contribution in [0, 0.1) is 0 Å². The molecule has 0 radical (unpaired) electrons. The maximum absolute atomic E-state index is 12.8. The molecule has 0 aliphatic carbocycles. The van der Waals surface area contributed by atoms with Crippen molar-refractivity contribution >= 4 is 17.9 Å². The van der Waals surface area contributed by atoms with Gasteiger partial charge in [0.05, 0.1) is 0 Å². The highest BCUT2D eigenvalue weighted by atomic mass is 16.6. The third-order valence-electron chi connectivity index (χ3n) is 10.9. The van der Waals surface area contributed by atoms with Gasteiger partial charge in [0.2, 0.25) is 0 Å². The van der Waals surface area contributed by atoms with Crippen molar-refractivity contribution < 1.29 is 28.6 Å². The zero-order chi connectivity index (χ0) is 48.6. The van der Waals surface area contributed by atoms with Gasteiger partial charge in [-0.3, -0.25) is 14.4 Å². The number of carbonyl (C=O) groups is 3. The summed E-state index contributed by atoms with van der Waals surface area (Å²) in [6.45, 7) is 6.31. The van der Waals surface area contributed by atoms with Gasteiger partial charge < -0.3 is 14.2 Å². The van der Waals surface area contributed by atoms with Crippen molar-refractivity contribution in [3.05, 3.63) is 122 Å². The van der Waals surface area contributed by atoms with Crippen LogP contribution < -0.4 is 0 Å². The second-order valence-corrected chi connectivity index (χ2v) is 17.4. The molecule has 0 fully saturated rings. The maximum atomic E-state index is 12.8. The zero-order valence-electron chi connectivity index (χ0n) is 43.1. The summed E-state index contributed by atoms with van der Waals surface area (Å²) in [5, 5.41) is 0. The monoisotopic (exact) mass is 927 g/mol. The predicted molar refractivity (Wildman–Crippen MR) is 288 cm³/mol. The summed E-state index contributed by atoms with van der Waals surface area (Å²) in [6, 6.07) is 0. The van der Waals surface area contributed by atoms with Crippen LogP contribution in [0.4, 0.5) is 0 Å². The van der Waals surface area contributed by atoms with E-state index in [1.165, 1.54) is 38.5 Å². The Kier molecular flexibility index (Phi) is 51.0. The Morgan fingerprint density at radius 3 is 0.940 bits per heavy atom. The number of hydrogen-bond acceptors (Lipinski definition) is 6. The van der Waals surface area contributed by atoms with Crippen molar-refractivity contribution in [1.82, 2.24) is 0 Å². The van der Waals surface area contributed by atoms with Crippen LogP contribution in [0.3, 0.4) is 0 Å². The third-order valence-corrected chi connectivity index (χ3v) is 10.9. The van der Waals surface area contributed by atoms with Crippen molar-refractivity contribution in [1.29, 1.82) is 0 Å². The number of ether oxygens (including phenoxy) is 3. The molecule has 0 rings (SSSR count). The topological polar surface area (TPSA) is 78.9 Å². The van der Waals surface area contributed by atoms with E-state index in [0.29, 0.717) is 19.3 Å². The summed E-state index contributed by atoms with van der Waals surface area (Å²) < 4.78 is 16.8. The Labute approximate surface area is 412 Å². The van der Waals surface area contributed by atoms with E-state index in [1.54, 1.807) is 0 Å². The molecule has 6 heteroatoms. The lowest BCUT2D eigenvalue weighted by Crippen LogP contribution is -2.30. The third kappa shape index (κ3) is 52.6. The number of rotatable bonds is 47. The van der Waals surface area contributed by atoms with E-state index in [-0.39, 0.29) is 37.5 Å². The van der Waals surface area contributed by atoms with Gasteiger partial charge >= 0.3 is 17.9 Å². The molecule has 0 saturated carbocycles. The first-order valence-electron chi connectivity index (χ1n) is 27.0. The Morgan fingerprint density at radius 2 is 0.582 bits per heavy atom. The smallest absolute Gasteiger partial charge is 0.306 e. The highest BCUT2D eigenvalue weighted by Gasteiger charge is 2.19. The van der Waals surface area contributed by atoms with Gasteiger partial charge in [0, 0.05) is 19.3 Å². The molecular formula is C61H98O6. The minimum absolute atomic E-state index is 0.111. The van der Waals surface area contributed by atoms with E-state index in [2.05, 4.69) is 142 Å². The molecule has 0 aliphatic heterocycles. The fourth-order valence-corrected chi connectivity index (χ4v) is 6.92. The summed E-state index contributed by atoms with van der Waals surface area (Å²) >= 11 is 0. The normalized spacial score (nSPS) is 13.1. The van der Waals surface area contributed by atoms with Crippen LogP contribution in [0.1, 0.15) is 226 Å². The fourth-order valence-electron chi connectivity index (χ4n) is 6.92. The number of hydrogen-bond donors (Lipinski definition) is 0. The van der Waals surface area contributed by atoms with E-state index in [0.717, 1.165) is 141 Å². The number of unbranched alkanes of at least 4 members (excludes halogenated alkanes) is 16. The number of carbonyl (C=O) groups excluding carboxylic acids is 3. The summed E-state index contributed by atoms with van der Waals surface area (Å²) in [6.07, 6.45) is 74.7.